The molecule has 1 rings (SSSR count). The zero-order chi connectivity index (χ0) is 20.0. The van der Waals surface area contributed by atoms with E-state index in [2.05, 4.69) is 31.4 Å². The first kappa shape index (κ1) is 25.4. The number of carbonyl (C=O) groups excluding carboxylic acids is 2. The van der Waals surface area contributed by atoms with E-state index in [0.29, 0.717) is 5.56 Å². The van der Waals surface area contributed by atoms with Crippen LogP contribution in [0.3, 0.4) is 0 Å². The maximum Gasteiger partial charge on any atom is 0.251 e. The van der Waals surface area contributed by atoms with Gasteiger partial charge in [-0.05, 0) is 29.5 Å². The van der Waals surface area contributed by atoms with Crippen LogP contribution in [0.5, 0.6) is 0 Å². The van der Waals surface area contributed by atoms with Crippen LogP contribution in [0.2, 0.25) is 0 Å². The normalized spacial score (nSPS) is 12.6. The van der Waals surface area contributed by atoms with Gasteiger partial charge in [-0.1, -0.05) is 32.9 Å². The van der Waals surface area contributed by atoms with Crippen molar-refractivity contribution in [2.45, 2.75) is 38.6 Å². The molecule has 0 aliphatic heterocycles. The lowest BCUT2D eigenvalue weighted by molar-refractivity contribution is -0.122. The molecule has 0 aliphatic rings. The summed E-state index contributed by atoms with van der Waals surface area (Å²) in [5.74, 6) is -1.07. The van der Waals surface area contributed by atoms with Crippen LogP contribution in [0.4, 0.5) is 0 Å². The van der Waals surface area contributed by atoms with Gasteiger partial charge in [0, 0.05) is 24.9 Å². The van der Waals surface area contributed by atoms with E-state index < -0.39 is 27.7 Å². The fraction of sp³-hybridized carbons (Fsp3) is 0.556. The Bertz CT molecular complexity index is 728. The van der Waals surface area contributed by atoms with Crippen LogP contribution in [-0.4, -0.2) is 51.4 Å². The molecule has 2 amide bonds. The molecule has 1 aromatic carbocycles. The van der Waals surface area contributed by atoms with E-state index in [9.17, 15) is 18.0 Å². The largest absolute Gasteiger partial charge is 0.353 e. The number of sulfone groups is 1. The minimum atomic E-state index is -3.25. The average Bonchev–Trinajstić information content (AvgIpc) is 2.54. The summed E-state index contributed by atoms with van der Waals surface area (Å²) in [4.78, 5) is 24.6. The van der Waals surface area contributed by atoms with Gasteiger partial charge in [-0.2, -0.15) is 0 Å². The standard InChI is InChI=1S/C18H29N3O4S.ClH/c1-18(2,3)14-7-5-13(6-8-14)16(22)21-15(9-12-26(4,24)25)17(23)20-11-10-19;/h5-8,15H,9-12,19H2,1-4H3,(H,20,23)(H,21,22);1H. The highest BCUT2D eigenvalue weighted by Crippen LogP contribution is 2.22. The van der Waals surface area contributed by atoms with E-state index in [-0.39, 0.29) is 43.1 Å². The monoisotopic (exact) mass is 419 g/mol. The van der Waals surface area contributed by atoms with Crippen molar-refractivity contribution in [3.8, 4) is 0 Å². The van der Waals surface area contributed by atoms with Crippen molar-refractivity contribution in [3.05, 3.63) is 35.4 Å². The second-order valence-corrected chi connectivity index (χ2v) is 9.61. The lowest BCUT2D eigenvalue weighted by Crippen LogP contribution is -2.48. The minimum Gasteiger partial charge on any atom is -0.353 e. The summed E-state index contributed by atoms with van der Waals surface area (Å²) in [5, 5.41) is 5.20. The second-order valence-electron chi connectivity index (χ2n) is 7.35. The summed E-state index contributed by atoms with van der Waals surface area (Å²) in [5.41, 5.74) is 6.83. The topological polar surface area (TPSA) is 118 Å². The van der Waals surface area contributed by atoms with Gasteiger partial charge in [0.05, 0.1) is 5.75 Å². The summed E-state index contributed by atoms with van der Waals surface area (Å²) < 4.78 is 22.8. The molecular weight excluding hydrogens is 390 g/mol. The molecule has 1 aromatic rings. The van der Waals surface area contributed by atoms with Crippen LogP contribution in [0.1, 0.15) is 43.1 Å². The molecule has 0 aliphatic carbocycles. The Balaban J connectivity index is 0.00000676. The molecule has 0 heterocycles. The minimum absolute atomic E-state index is 0. The van der Waals surface area contributed by atoms with Crippen LogP contribution in [0.15, 0.2) is 24.3 Å². The third kappa shape index (κ3) is 9.21. The summed E-state index contributed by atoms with van der Waals surface area (Å²) in [6.45, 7) is 6.73. The lowest BCUT2D eigenvalue weighted by Gasteiger charge is -2.20. The molecule has 4 N–H and O–H groups in total. The molecule has 7 nitrogen and oxygen atoms in total. The molecule has 0 spiro atoms. The fourth-order valence-electron chi connectivity index (χ4n) is 2.28. The maximum atomic E-state index is 12.5. The Morgan fingerprint density at radius 3 is 2.15 bits per heavy atom. The van der Waals surface area contributed by atoms with Crippen LogP contribution in [0, 0.1) is 0 Å². The molecule has 0 fully saturated rings. The molecule has 9 heteroatoms. The van der Waals surface area contributed by atoms with E-state index in [1.807, 2.05) is 12.1 Å². The fourth-order valence-corrected chi connectivity index (χ4v) is 2.95. The highest BCUT2D eigenvalue weighted by Gasteiger charge is 2.23. The smallest absolute Gasteiger partial charge is 0.251 e. The zero-order valence-corrected chi connectivity index (χ0v) is 17.9. The number of halogens is 1. The van der Waals surface area contributed by atoms with E-state index in [1.165, 1.54) is 0 Å². The van der Waals surface area contributed by atoms with Gasteiger partial charge in [-0.25, -0.2) is 8.42 Å². The third-order valence-electron chi connectivity index (χ3n) is 3.86. The molecule has 1 atom stereocenters. The Morgan fingerprint density at radius 1 is 1.15 bits per heavy atom. The number of hydrogen-bond donors (Lipinski definition) is 3. The number of benzene rings is 1. The number of amides is 2. The quantitative estimate of drug-likeness (QED) is 0.581. The first-order chi connectivity index (χ1) is 11.9. The predicted octanol–water partition coefficient (Wildman–Crippen LogP) is 1.01. The van der Waals surface area contributed by atoms with Crippen molar-refractivity contribution in [1.29, 1.82) is 0 Å². The second kappa shape index (κ2) is 10.6. The Labute approximate surface area is 167 Å². The maximum absolute atomic E-state index is 12.5. The molecule has 0 aromatic heterocycles. The molecule has 0 radical (unpaired) electrons. The van der Waals surface area contributed by atoms with Crippen molar-refractivity contribution < 1.29 is 18.0 Å². The molecule has 154 valence electrons. The van der Waals surface area contributed by atoms with E-state index >= 15 is 0 Å². The summed E-state index contributed by atoms with van der Waals surface area (Å²) >= 11 is 0. The van der Waals surface area contributed by atoms with Gasteiger partial charge in [-0.3, -0.25) is 9.59 Å². The highest BCUT2D eigenvalue weighted by atomic mass is 35.5. The molecule has 0 bridgehead atoms. The number of carbonyl (C=O) groups is 2. The van der Waals surface area contributed by atoms with Gasteiger partial charge < -0.3 is 16.4 Å². The lowest BCUT2D eigenvalue weighted by atomic mass is 9.86. The van der Waals surface area contributed by atoms with Crippen molar-refractivity contribution >= 4 is 34.1 Å². The molecule has 1 unspecified atom stereocenters. The van der Waals surface area contributed by atoms with Crippen LogP contribution >= 0.6 is 12.4 Å². The first-order valence-electron chi connectivity index (χ1n) is 8.51. The van der Waals surface area contributed by atoms with Crippen LogP contribution in [0.25, 0.3) is 0 Å². The van der Waals surface area contributed by atoms with Gasteiger partial charge in [0.25, 0.3) is 5.91 Å². The molecule has 0 saturated carbocycles. The zero-order valence-electron chi connectivity index (χ0n) is 16.2. The summed E-state index contributed by atoms with van der Waals surface area (Å²) in [6.07, 6.45) is 1.09. The van der Waals surface area contributed by atoms with Gasteiger partial charge in [0.1, 0.15) is 15.9 Å². The van der Waals surface area contributed by atoms with Gasteiger partial charge in [0.2, 0.25) is 5.91 Å². The molecule has 27 heavy (non-hydrogen) atoms. The van der Waals surface area contributed by atoms with Crippen molar-refractivity contribution in [2.24, 2.45) is 5.73 Å². The summed E-state index contributed by atoms with van der Waals surface area (Å²) in [7, 11) is -3.25. The Kier molecular flexibility index (Phi) is 9.99. The number of hydrogen-bond acceptors (Lipinski definition) is 5. The van der Waals surface area contributed by atoms with E-state index in [0.717, 1.165) is 11.8 Å². The van der Waals surface area contributed by atoms with Gasteiger partial charge in [0.15, 0.2) is 0 Å². The van der Waals surface area contributed by atoms with Crippen LogP contribution in [-0.2, 0) is 20.0 Å². The third-order valence-corrected chi connectivity index (χ3v) is 4.83. The first-order valence-corrected chi connectivity index (χ1v) is 10.6. The van der Waals surface area contributed by atoms with Gasteiger partial charge >= 0.3 is 0 Å². The van der Waals surface area contributed by atoms with Crippen LogP contribution < -0.4 is 16.4 Å². The van der Waals surface area contributed by atoms with Crippen molar-refractivity contribution in [2.75, 3.05) is 25.1 Å². The number of nitrogens with one attached hydrogen (secondary N) is 2. The highest BCUT2D eigenvalue weighted by molar-refractivity contribution is 7.90. The number of rotatable bonds is 8. The molecule has 0 saturated heterocycles. The van der Waals surface area contributed by atoms with Crippen molar-refractivity contribution in [1.82, 2.24) is 10.6 Å². The van der Waals surface area contributed by atoms with E-state index in [4.69, 9.17) is 5.73 Å². The average molecular weight is 420 g/mol. The Hall–Kier alpha value is -1.64. The summed E-state index contributed by atoms with van der Waals surface area (Å²) in [6, 6.07) is 6.19. The predicted molar refractivity (Wildman–Crippen MR) is 110 cm³/mol. The van der Waals surface area contributed by atoms with Gasteiger partial charge in [-0.15, -0.1) is 12.4 Å². The molecular formula is C18H30ClN3O4S. The van der Waals surface area contributed by atoms with E-state index in [1.54, 1.807) is 12.1 Å². The number of nitrogens with two attached hydrogens (primary N) is 1. The SMILES string of the molecule is CC(C)(C)c1ccc(C(=O)NC(CCS(C)(=O)=O)C(=O)NCCN)cc1.Cl. The Morgan fingerprint density at radius 2 is 1.70 bits per heavy atom. The van der Waals surface area contributed by atoms with Crippen molar-refractivity contribution in [3.63, 3.8) is 0 Å².